The van der Waals surface area contributed by atoms with E-state index in [-0.39, 0.29) is 17.9 Å². The summed E-state index contributed by atoms with van der Waals surface area (Å²) in [5, 5.41) is 2.95. The van der Waals surface area contributed by atoms with Crippen LogP contribution in [0.25, 0.3) is 0 Å². The number of benzene rings is 1. The van der Waals surface area contributed by atoms with Crippen LogP contribution in [0, 0.1) is 5.92 Å². The highest BCUT2D eigenvalue weighted by atomic mass is 16.2. The molecule has 0 heterocycles. The van der Waals surface area contributed by atoms with E-state index >= 15 is 0 Å². The third-order valence-corrected chi connectivity index (χ3v) is 3.22. The van der Waals surface area contributed by atoms with Crippen LogP contribution in [0.3, 0.4) is 0 Å². The number of nitrogens with two attached hydrogens (primary N) is 1. The molecular formula is C14H22N2O. The zero-order valence-corrected chi connectivity index (χ0v) is 10.8. The molecule has 0 unspecified atom stereocenters. The Bertz CT molecular complexity index is 350. The molecule has 0 aliphatic heterocycles. The lowest BCUT2D eigenvalue weighted by atomic mass is 9.98. The molecule has 0 aliphatic carbocycles. The first-order valence-electron chi connectivity index (χ1n) is 6.17. The van der Waals surface area contributed by atoms with Gasteiger partial charge >= 0.3 is 0 Å². The standard InChI is InChI=1S/C14H22N2O/c1-4-10(2)13(15)14(17)16-11(3)12-8-6-5-7-9-12/h5-11,13H,4,15H2,1-3H3,(H,16,17)/t10-,11-,13-/m0/s1. The number of carbonyl (C=O) groups excluding carboxylic acids is 1. The summed E-state index contributed by atoms with van der Waals surface area (Å²) >= 11 is 0. The van der Waals surface area contributed by atoms with E-state index in [1.54, 1.807) is 0 Å². The molecule has 0 aromatic heterocycles. The predicted molar refractivity (Wildman–Crippen MR) is 70.4 cm³/mol. The highest BCUT2D eigenvalue weighted by Gasteiger charge is 2.20. The Morgan fingerprint density at radius 1 is 1.29 bits per heavy atom. The number of hydrogen-bond acceptors (Lipinski definition) is 2. The molecule has 3 atom stereocenters. The van der Waals surface area contributed by atoms with E-state index in [0.29, 0.717) is 0 Å². The van der Waals surface area contributed by atoms with Gasteiger partial charge in [0.15, 0.2) is 0 Å². The Hall–Kier alpha value is -1.35. The molecule has 3 N–H and O–H groups in total. The highest BCUT2D eigenvalue weighted by Crippen LogP contribution is 2.12. The van der Waals surface area contributed by atoms with Crippen molar-refractivity contribution in [2.75, 3.05) is 0 Å². The zero-order valence-electron chi connectivity index (χ0n) is 10.8. The van der Waals surface area contributed by atoms with Crippen LogP contribution in [0.4, 0.5) is 0 Å². The fraction of sp³-hybridized carbons (Fsp3) is 0.500. The molecule has 0 saturated carbocycles. The summed E-state index contributed by atoms with van der Waals surface area (Å²) in [7, 11) is 0. The molecule has 1 aromatic rings. The van der Waals surface area contributed by atoms with Crippen molar-refractivity contribution in [3.8, 4) is 0 Å². The molecule has 1 aromatic carbocycles. The first kappa shape index (κ1) is 13.7. The Kier molecular flexibility index (Phi) is 5.16. The summed E-state index contributed by atoms with van der Waals surface area (Å²) in [5.41, 5.74) is 6.98. The van der Waals surface area contributed by atoms with Crippen molar-refractivity contribution in [2.24, 2.45) is 11.7 Å². The molecule has 0 bridgehead atoms. The average Bonchev–Trinajstić information content (AvgIpc) is 2.37. The summed E-state index contributed by atoms with van der Waals surface area (Å²) in [6.07, 6.45) is 0.911. The first-order chi connectivity index (χ1) is 8.06. The number of rotatable bonds is 5. The SMILES string of the molecule is CC[C@H](C)[C@H](N)C(=O)N[C@@H](C)c1ccccc1. The van der Waals surface area contributed by atoms with Crippen molar-refractivity contribution >= 4 is 5.91 Å². The zero-order chi connectivity index (χ0) is 12.8. The molecule has 3 heteroatoms. The second kappa shape index (κ2) is 6.40. The maximum Gasteiger partial charge on any atom is 0.237 e. The van der Waals surface area contributed by atoms with E-state index in [2.05, 4.69) is 5.32 Å². The minimum atomic E-state index is -0.425. The quantitative estimate of drug-likeness (QED) is 0.821. The van der Waals surface area contributed by atoms with Crippen molar-refractivity contribution in [1.82, 2.24) is 5.32 Å². The van der Waals surface area contributed by atoms with Crippen molar-refractivity contribution < 1.29 is 4.79 Å². The van der Waals surface area contributed by atoms with Gasteiger partial charge in [0.05, 0.1) is 12.1 Å². The van der Waals surface area contributed by atoms with Gasteiger partial charge in [0, 0.05) is 0 Å². The molecule has 1 amide bonds. The lowest BCUT2D eigenvalue weighted by molar-refractivity contribution is -0.124. The maximum absolute atomic E-state index is 11.9. The van der Waals surface area contributed by atoms with Crippen molar-refractivity contribution in [3.05, 3.63) is 35.9 Å². The summed E-state index contributed by atoms with van der Waals surface area (Å²) in [6.45, 7) is 6.01. The summed E-state index contributed by atoms with van der Waals surface area (Å²) in [4.78, 5) is 11.9. The fourth-order valence-electron chi connectivity index (χ4n) is 1.65. The van der Waals surface area contributed by atoms with E-state index in [1.807, 2.05) is 51.1 Å². The van der Waals surface area contributed by atoms with Gasteiger partial charge in [-0.2, -0.15) is 0 Å². The van der Waals surface area contributed by atoms with Crippen molar-refractivity contribution in [1.29, 1.82) is 0 Å². The van der Waals surface area contributed by atoms with Gasteiger partial charge in [-0.3, -0.25) is 4.79 Å². The summed E-state index contributed by atoms with van der Waals surface area (Å²) in [6, 6.07) is 9.46. The van der Waals surface area contributed by atoms with Crippen LogP contribution in [0.15, 0.2) is 30.3 Å². The second-order valence-electron chi connectivity index (χ2n) is 4.55. The second-order valence-corrected chi connectivity index (χ2v) is 4.55. The molecule has 0 spiro atoms. The molecule has 94 valence electrons. The van der Waals surface area contributed by atoms with E-state index in [9.17, 15) is 4.79 Å². The maximum atomic E-state index is 11.9. The van der Waals surface area contributed by atoms with Gasteiger partial charge in [-0.15, -0.1) is 0 Å². The Balaban J connectivity index is 2.57. The molecule has 0 radical (unpaired) electrons. The van der Waals surface area contributed by atoms with Gasteiger partial charge in [-0.1, -0.05) is 50.6 Å². The minimum Gasteiger partial charge on any atom is -0.348 e. The summed E-state index contributed by atoms with van der Waals surface area (Å²) < 4.78 is 0. The molecule has 1 rings (SSSR count). The van der Waals surface area contributed by atoms with Crippen molar-refractivity contribution in [2.45, 2.75) is 39.3 Å². The van der Waals surface area contributed by atoms with Gasteiger partial charge in [0.1, 0.15) is 0 Å². The number of hydrogen-bond donors (Lipinski definition) is 2. The third-order valence-electron chi connectivity index (χ3n) is 3.22. The lowest BCUT2D eigenvalue weighted by Gasteiger charge is -2.21. The van der Waals surface area contributed by atoms with Gasteiger partial charge in [-0.25, -0.2) is 0 Å². The van der Waals surface area contributed by atoms with E-state index in [1.165, 1.54) is 0 Å². The van der Waals surface area contributed by atoms with Crippen LogP contribution < -0.4 is 11.1 Å². The normalized spacial score (nSPS) is 16.0. The smallest absolute Gasteiger partial charge is 0.237 e. The number of amides is 1. The largest absolute Gasteiger partial charge is 0.348 e. The van der Waals surface area contributed by atoms with Crippen LogP contribution in [0.2, 0.25) is 0 Å². The average molecular weight is 234 g/mol. The van der Waals surface area contributed by atoms with Gasteiger partial charge in [0.2, 0.25) is 5.91 Å². The van der Waals surface area contributed by atoms with E-state index < -0.39 is 6.04 Å². The highest BCUT2D eigenvalue weighted by molar-refractivity contribution is 5.82. The minimum absolute atomic E-state index is 0.00111. The van der Waals surface area contributed by atoms with Crippen molar-refractivity contribution in [3.63, 3.8) is 0 Å². The molecular weight excluding hydrogens is 212 g/mol. The van der Waals surface area contributed by atoms with Crippen LogP contribution in [0.1, 0.15) is 38.8 Å². The molecule has 3 nitrogen and oxygen atoms in total. The van der Waals surface area contributed by atoms with E-state index in [0.717, 1.165) is 12.0 Å². The third kappa shape index (κ3) is 3.86. The van der Waals surface area contributed by atoms with Crippen LogP contribution >= 0.6 is 0 Å². The van der Waals surface area contributed by atoms with Gasteiger partial charge < -0.3 is 11.1 Å². The van der Waals surface area contributed by atoms with E-state index in [4.69, 9.17) is 5.73 Å². The summed E-state index contributed by atoms with van der Waals surface area (Å²) in [5.74, 6) is 0.133. The first-order valence-corrected chi connectivity index (χ1v) is 6.17. The molecule has 0 fully saturated rings. The van der Waals surface area contributed by atoms with Gasteiger partial charge in [0.25, 0.3) is 0 Å². The Labute approximate surface area is 103 Å². The fourth-order valence-corrected chi connectivity index (χ4v) is 1.65. The lowest BCUT2D eigenvalue weighted by Crippen LogP contribution is -2.45. The van der Waals surface area contributed by atoms with Crippen LogP contribution in [-0.2, 0) is 4.79 Å². The molecule has 17 heavy (non-hydrogen) atoms. The number of carbonyl (C=O) groups is 1. The predicted octanol–water partition coefficient (Wildman–Crippen LogP) is 2.24. The van der Waals surface area contributed by atoms with Crippen LogP contribution in [0.5, 0.6) is 0 Å². The molecule has 0 saturated heterocycles. The Morgan fingerprint density at radius 3 is 2.41 bits per heavy atom. The Morgan fingerprint density at radius 2 is 1.88 bits per heavy atom. The topological polar surface area (TPSA) is 55.1 Å². The van der Waals surface area contributed by atoms with Gasteiger partial charge in [-0.05, 0) is 18.4 Å². The number of nitrogens with one attached hydrogen (secondary N) is 1. The monoisotopic (exact) mass is 234 g/mol. The molecule has 0 aliphatic rings. The van der Waals surface area contributed by atoms with Crippen LogP contribution in [-0.4, -0.2) is 11.9 Å².